The molecule has 1 heterocycles. The highest BCUT2D eigenvalue weighted by molar-refractivity contribution is 5.98. The van der Waals surface area contributed by atoms with Gasteiger partial charge in [0.15, 0.2) is 0 Å². The fraction of sp³-hybridized carbons (Fsp3) is 0.500. The van der Waals surface area contributed by atoms with Crippen molar-refractivity contribution < 1.29 is 19.1 Å². The first-order valence-corrected chi connectivity index (χ1v) is 9.42. The van der Waals surface area contributed by atoms with E-state index in [-0.39, 0.29) is 24.7 Å². The highest BCUT2D eigenvalue weighted by atomic mass is 16.5. The van der Waals surface area contributed by atoms with Gasteiger partial charge in [0.25, 0.3) is 5.91 Å². The highest BCUT2D eigenvalue weighted by Gasteiger charge is 2.58. The summed E-state index contributed by atoms with van der Waals surface area (Å²) in [7, 11) is 1.32. The molecule has 28 heavy (non-hydrogen) atoms. The Balaban J connectivity index is 2.47. The van der Waals surface area contributed by atoms with Crippen LogP contribution in [-0.4, -0.2) is 46.4 Å². The van der Waals surface area contributed by atoms with Gasteiger partial charge in [0.05, 0.1) is 7.11 Å². The van der Waals surface area contributed by atoms with Crippen molar-refractivity contribution >= 4 is 17.8 Å². The zero-order chi connectivity index (χ0) is 21.2. The van der Waals surface area contributed by atoms with Crippen molar-refractivity contribution in [2.75, 3.05) is 7.11 Å². The van der Waals surface area contributed by atoms with E-state index in [1.807, 2.05) is 33.8 Å². The average Bonchev–Trinajstić information content (AvgIpc) is 2.59. The highest BCUT2D eigenvalue weighted by Crippen LogP contribution is 2.44. The van der Waals surface area contributed by atoms with Gasteiger partial charge in [0.1, 0.15) is 5.54 Å². The predicted molar refractivity (Wildman–Crippen MR) is 108 cm³/mol. The number of hydrogen-bond donors (Lipinski definition) is 1. The number of ether oxygens (including phenoxy) is 1. The van der Waals surface area contributed by atoms with Gasteiger partial charge in [0, 0.05) is 29.5 Å². The second-order valence-corrected chi connectivity index (χ2v) is 8.55. The van der Waals surface area contributed by atoms with Gasteiger partial charge in [-0.1, -0.05) is 24.3 Å². The predicted octanol–water partition coefficient (Wildman–Crippen LogP) is 3.08. The molecular formula is C22H30N2O4. The lowest BCUT2D eigenvalue weighted by Crippen LogP contribution is -2.72. The van der Waals surface area contributed by atoms with Gasteiger partial charge < -0.3 is 15.0 Å². The Kier molecular flexibility index (Phi) is 6.02. The maximum absolute atomic E-state index is 12.9. The lowest BCUT2D eigenvalue weighted by Gasteiger charge is -2.58. The summed E-state index contributed by atoms with van der Waals surface area (Å²) < 4.78 is 5.09. The van der Waals surface area contributed by atoms with Crippen molar-refractivity contribution in [3.63, 3.8) is 0 Å². The van der Waals surface area contributed by atoms with Gasteiger partial charge in [-0.2, -0.15) is 0 Å². The number of nitrogens with one attached hydrogen (secondary N) is 1. The molecule has 0 saturated carbocycles. The standard InChI is InChI=1S/C22H30N2O4/c1-7-11-17(25)24-20(2,3)14-22(19(27)28-6,15-21(24,4)5)23-18(26)16-12-9-8-10-13-16/h7-13H,14-15H2,1-6H3,(H,23,26). The fourth-order valence-corrected chi connectivity index (χ4v) is 4.69. The van der Waals surface area contributed by atoms with Gasteiger partial charge in [-0.3, -0.25) is 9.59 Å². The van der Waals surface area contributed by atoms with Crippen LogP contribution in [0.15, 0.2) is 42.5 Å². The Morgan fingerprint density at radius 2 is 1.57 bits per heavy atom. The van der Waals surface area contributed by atoms with Crippen molar-refractivity contribution in [3.05, 3.63) is 48.0 Å². The smallest absolute Gasteiger partial charge is 0.331 e. The third-order valence-corrected chi connectivity index (χ3v) is 5.17. The molecule has 0 unspecified atom stereocenters. The Labute approximate surface area is 166 Å². The quantitative estimate of drug-likeness (QED) is 0.637. The average molecular weight is 386 g/mol. The first-order valence-electron chi connectivity index (χ1n) is 9.42. The van der Waals surface area contributed by atoms with Gasteiger partial charge in [-0.05, 0) is 52.8 Å². The van der Waals surface area contributed by atoms with Crippen LogP contribution in [0.4, 0.5) is 0 Å². The van der Waals surface area contributed by atoms with Crippen LogP contribution in [0.3, 0.4) is 0 Å². The van der Waals surface area contributed by atoms with Crippen molar-refractivity contribution in [1.82, 2.24) is 10.2 Å². The van der Waals surface area contributed by atoms with Crippen LogP contribution < -0.4 is 5.32 Å². The van der Waals surface area contributed by atoms with E-state index in [2.05, 4.69) is 5.32 Å². The lowest BCUT2D eigenvalue weighted by molar-refractivity contribution is -0.165. The van der Waals surface area contributed by atoms with Gasteiger partial charge >= 0.3 is 5.97 Å². The van der Waals surface area contributed by atoms with Crippen molar-refractivity contribution in [1.29, 1.82) is 0 Å². The third kappa shape index (κ3) is 4.11. The number of carbonyl (C=O) groups excluding carboxylic acids is 3. The molecule has 6 nitrogen and oxygen atoms in total. The molecule has 2 rings (SSSR count). The molecule has 1 aliphatic rings. The monoisotopic (exact) mass is 386 g/mol. The van der Waals surface area contributed by atoms with E-state index >= 15 is 0 Å². The molecule has 1 fully saturated rings. The summed E-state index contributed by atoms with van der Waals surface area (Å²) in [4.78, 5) is 40.3. The van der Waals surface area contributed by atoms with Crippen LogP contribution in [-0.2, 0) is 14.3 Å². The molecule has 6 heteroatoms. The number of esters is 1. The molecule has 0 spiro atoms. The van der Waals surface area contributed by atoms with Crippen molar-refractivity contribution in [3.8, 4) is 0 Å². The molecule has 0 bridgehead atoms. The van der Waals surface area contributed by atoms with Crippen LogP contribution in [0.1, 0.15) is 57.8 Å². The summed E-state index contributed by atoms with van der Waals surface area (Å²) in [6.45, 7) is 9.41. The molecule has 152 valence electrons. The third-order valence-electron chi connectivity index (χ3n) is 5.17. The number of amides is 2. The second kappa shape index (κ2) is 7.78. The molecule has 2 amide bonds. The summed E-state index contributed by atoms with van der Waals surface area (Å²) in [5.74, 6) is -0.966. The largest absolute Gasteiger partial charge is 0.467 e. The number of piperidine rings is 1. The number of carbonyl (C=O) groups is 3. The van der Waals surface area contributed by atoms with Crippen molar-refractivity contribution in [2.24, 2.45) is 0 Å². The maximum atomic E-state index is 12.9. The number of likely N-dealkylation sites (tertiary alicyclic amines) is 1. The Morgan fingerprint density at radius 3 is 2.04 bits per heavy atom. The number of methoxy groups -OCH3 is 1. The Bertz CT molecular complexity index is 763. The summed E-state index contributed by atoms with van der Waals surface area (Å²) in [6.07, 6.45) is 3.72. The Hall–Kier alpha value is -2.63. The Morgan fingerprint density at radius 1 is 1.04 bits per heavy atom. The zero-order valence-electron chi connectivity index (χ0n) is 17.5. The zero-order valence-corrected chi connectivity index (χ0v) is 17.5. The molecule has 1 aromatic rings. The van der Waals surface area contributed by atoms with Crippen LogP contribution in [0.5, 0.6) is 0 Å². The first kappa shape index (κ1) is 21.7. The van der Waals surface area contributed by atoms with Gasteiger partial charge in [-0.25, -0.2) is 4.79 Å². The summed E-state index contributed by atoms with van der Waals surface area (Å²) in [5.41, 5.74) is -2.14. The van der Waals surface area contributed by atoms with E-state index in [0.29, 0.717) is 5.56 Å². The number of nitrogens with zero attached hydrogens (tertiary/aromatic N) is 1. The minimum Gasteiger partial charge on any atom is -0.467 e. The van der Waals surface area contributed by atoms with E-state index in [1.165, 1.54) is 13.2 Å². The summed E-state index contributed by atoms with van der Waals surface area (Å²) >= 11 is 0. The number of hydrogen-bond acceptors (Lipinski definition) is 4. The normalized spacial score (nSPS) is 19.9. The van der Waals surface area contributed by atoms with E-state index < -0.39 is 22.6 Å². The molecule has 0 atom stereocenters. The second-order valence-electron chi connectivity index (χ2n) is 8.55. The molecule has 1 aliphatic heterocycles. The number of benzene rings is 1. The summed E-state index contributed by atoms with van der Waals surface area (Å²) in [5, 5.41) is 2.93. The fourth-order valence-electron chi connectivity index (χ4n) is 4.69. The van der Waals surface area contributed by atoms with E-state index in [9.17, 15) is 14.4 Å². The van der Waals surface area contributed by atoms with Crippen LogP contribution in [0, 0.1) is 0 Å². The van der Waals surface area contributed by atoms with Crippen LogP contribution in [0.2, 0.25) is 0 Å². The lowest BCUT2D eigenvalue weighted by atomic mass is 9.68. The van der Waals surface area contributed by atoms with E-state index in [1.54, 1.807) is 42.2 Å². The van der Waals surface area contributed by atoms with E-state index in [4.69, 9.17) is 4.74 Å². The minimum absolute atomic E-state index is 0.120. The summed E-state index contributed by atoms with van der Waals surface area (Å²) in [6, 6.07) is 8.75. The molecular weight excluding hydrogens is 356 g/mol. The molecule has 1 N–H and O–H groups in total. The van der Waals surface area contributed by atoms with E-state index in [0.717, 1.165) is 0 Å². The molecule has 1 saturated heterocycles. The molecule has 0 radical (unpaired) electrons. The van der Waals surface area contributed by atoms with Crippen LogP contribution >= 0.6 is 0 Å². The molecule has 1 aromatic carbocycles. The van der Waals surface area contributed by atoms with Crippen molar-refractivity contribution in [2.45, 2.75) is 64.1 Å². The topological polar surface area (TPSA) is 75.7 Å². The van der Waals surface area contributed by atoms with Gasteiger partial charge in [0.2, 0.25) is 5.91 Å². The minimum atomic E-state index is -1.23. The van der Waals surface area contributed by atoms with Gasteiger partial charge in [-0.15, -0.1) is 0 Å². The number of rotatable bonds is 4. The van der Waals surface area contributed by atoms with Crippen LogP contribution in [0.25, 0.3) is 0 Å². The first-order chi connectivity index (χ1) is 13.0. The maximum Gasteiger partial charge on any atom is 0.331 e. The molecule has 0 aliphatic carbocycles. The number of allylic oxidation sites excluding steroid dienone is 1. The SMILES string of the molecule is CC=CC(=O)N1C(C)(C)CC(NC(=O)c2ccccc2)(C(=O)OC)CC1(C)C. The molecule has 0 aromatic heterocycles.